The molecule has 0 bridgehead atoms. The summed E-state index contributed by atoms with van der Waals surface area (Å²) in [5.74, 6) is -0.200. The van der Waals surface area contributed by atoms with E-state index in [1.165, 1.54) is 0 Å². The molecule has 2 nitrogen and oxygen atoms in total. The van der Waals surface area contributed by atoms with Gasteiger partial charge in [-0.25, -0.2) is 4.39 Å². The second-order valence-electron chi connectivity index (χ2n) is 4.64. The van der Waals surface area contributed by atoms with Gasteiger partial charge in [0.05, 0.1) is 16.6 Å². The number of nitrogens with one attached hydrogen (secondary N) is 1. The van der Waals surface area contributed by atoms with Gasteiger partial charge in [0.25, 0.3) is 0 Å². The number of hydrogen-bond donors (Lipinski definition) is 1. The van der Waals surface area contributed by atoms with Crippen molar-refractivity contribution in [2.45, 2.75) is 45.3 Å². The van der Waals surface area contributed by atoms with Gasteiger partial charge in [-0.1, -0.05) is 32.4 Å². The molecule has 19 heavy (non-hydrogen) atoms. The van der Waals surface area contributed by atoms with Crippen LogP contribution < -0.4 is 5.32 Å². The summed E-state index contributed by atoms with van der Waals surface area (Å²) in [6.45, 7) is 5.06. The number of benzene rings is 1. The second-order valence-corrected chi connectivity index (χ2v) is 5.49. The van der Waals surface area contributed by atoms with E-state index in [0.717, 1.165) is 25.8 Å². The number of hydrogen-bond acceptors (Lipinski definition) is 2. The lowest BCUT2D eigenvalue weighted by Gasteiger charge is -2.28. The maximum atomic E-state index is 14.3. The predicted molar refractivity (Wildman–Crippen MR) is 80.8 cm³/mol. The van der Waals surface area contributed by atoms with Crippen molar-refractivity contribution >= 4 is 15.9 Å². The zero-order valence-corrected chi connectivity index (χ0v) is 13.5. The van der Waals surface area contributed by atoms with Crippen LogP contribution in [-0.2, 0) is 4.74 Å². The largest absolute Gasteiger partial charge is 0.379 e. The first-order valence-corrected chi connectivity index (χ1v) is 7.65. The van der Waals surface area contributed by atoms with E-state index in [9.17, 15) is 4.39 Å². The van der Waals surface area contributed by atoms with Gasteiger partial charge >= 0.3 is 0 Å². The van der Waals surface area contributed by atoms with Crippen molar-refractivity contribution in [2.24, 2.45) is 0 Å². The van der Waals surface area contributed by atoms with Crippen LogP contribution in [0.5, 0.6) is 0 Å². The highest BCUT2D eigenvalue weighted by Crippen LogP contribution is 2.28. The summed E-state index contributed by atoms with van der Waals surface area (Å²) in [6, 6.07) is 5.30. The van der Waals surface area contributed by atoms with Crippen LogP contribution in [0.25, 0.3) is 0 Å². The molecule has 0 radical (unpaired) electrons. The van der Waals surface area contributed by atoms with Crippen molar-refractivity contribution in [2.75, 3.05) is 13.7 Å². The fourth-order valence-corrected chi connectivity index (χ4v) is 2.59. The summed E-state index contributed by atoms with van der Waals surface area (Å²) in [5, 5.41) is 3.40. The minimum absolute atomic E-state index is 0.0136. The first-order chi connectivity index (χ1) is 9.15. The molecule has 2 atom stereocenters. The lowest BCUT2D eigenvalue weighted by Crippen LogP contribution is -2.34. The molecule has 1 N–H and O–H groups in total. The van der Waals surface area contributed by atoms with Crippen LogP contribution in [0, 0.1) is 5.82 Å². The van der Waals surface area contributed by atoms with Gasteiger partial charge in [-0.3, -0.25) is 0 Å². The average Bonchev–Trinajstić information content (AvgIpc) is 2.42. The van der Waals surface area contributed by atoms with Crippen molar-refractivity contribution in [3.63, 3.8) is 0 Å². The minimum Gasteiger partial charge on any atom is -0.379 e. The van der Waals surface area contributed by atoms with Crippen molar-refractivity contribution in [1.82, 2.24) is 5.32 Å². The number of halogens is 2. The molecule has 0 saturated carbocycles. The third-order valence-electron chi connectivity index (χ3n) is 3.18. The summed E-state index contributed by atoms with van der Waals surface area (Å²) in [5.41, 5.74) is 0.670. The van der Waals surface area contributed by atoms with Crippen LogP contribution in [0.1, 0.15) is 44.7 Å². The van der Waals surface area contributed by atoms with Gasteiger partial charge in [-0.15, -0.1) is 0 Å². The molecule has 0 aromatic heterocycles. The Morgan fingerprint density at radius 2 is 2.05 bits per heavy atom. The van der Waals surface area contributed by atoms with Gasteiger partial charge in [-0.05, 0) is 41.4 Å². The number of ether oxygens (including phenoxy) is 1. The van der Waals surface area contributed by atoms with Gasteiger partial charge in [0.15, 0.2) is 0 Å². The maximum Gasteiger partial charge on any atom is 0.142 e. The average molecular weight is 332 g/mol. The highest BCUT2D eigenvalue weighted by molar-refractivity contribution is 9.10. The minimum atomic E-state index is -0.200. The van der Waals surface area contributed by atoms with Crippen LogP contribution >= 0.6 is 15.9 Å². The smallest absolute Gasteiger partial charge is 0.142 e. The predicted octanol–water partition coefficient (Wildman–Crippen LogP) is 4.44. The summed E-state index contributed by atoms with van der Waals surface area (Å²) >= 11 is 3.25. The fourth-order valence-electron chi connectivity index (χ4n) is 2.21. The van der Waals surface area contributed by atoms with Crippen molar-refractivity contribution in [1.29, 1.82) is 0 Å². The van der Waals surface area contributed by atoms with Gasteiger partial charge in [0.2, 0.25) is 0 Å². The SMILES string of the molecule is CCCNC(c1cccc(Br)c1F)C(CCC)OC. The molecule has 108 valence electrons. The summed E-state index contributed by atoms with van der Waals surface area (Å²) in [7, 11) is 1.69. The zero-order chi connectivity index (χ0) is 14.3. The molecule has 0 spiro atoms. The lowest BCUT2D eigenvalue weighted by molar-refractivity contribution is 0.0594. The van der Waals surface area contributed by atoms with Crippen LogP contribution in [0.3, 0.4) is 0 Å². The van der Waals surface area contributed by atoms with Crippen LogP contribution in [-0.4, -0.2) is 19.8 Å². The lowest BCUT2D eigenvalue weighted by atomic mass is 9.97. The molecule has 4 heteroatoms. The van der Waals surface area contributed by atoms with E-state index in [0.29, 0.717) is 10.0 Å². The molecule has 0 fully saturated rings. The van der Waals surface area contributed by atoms with Crippen LogP contribution in [0.4, 0.5) is 4.39 Å². The third-order valence-corrected chi connectivity index (χ3v) is 3.79. The Labute approximate surface area is 123 Å². The van der Waals surface area contributed by atoms with Gasteiger partial charge in [0, 0.05) is 12.7 Å². The Morgan fingerprint density at radius 3 is 2.63 bits per heavy atom. The molecule has 0 aliphatic carbocycles. The molecule has 1 aromatic carbocycles. The van der Waals surface area contributed by atoms with E-state index in [4.69, 9.17) is 4.74 Å². The molecular weight excluding hydrogens is 309 g/mol. The quantitative estimate of drug-likeness (QED) is 0.760. The normalized spacial score (nSPS) is 14.4. The summed E-state index contributed by atoms with van der Waals surface area (Å²) < 4.78 is 20.3. The van der Waals surface area contributed by atoms with E-state index in [1.54, 1.807) is 13.2 Å². The fraction of sp³-hybridized carbons (Fsp3) is 0.600. The van der Waals surface area contributed by atoms with Gasteiger partial charge < -0.3 is 10.1 Å². The molecule has 2 unspecified atom stereocenters. The van der Waals surface area contributed by atoms with E-state index in [-0.39, 0.29) is 18.0 Å². The standard InChI is InChI=1S/C15H23BrFNO/c1-4-7-13(19-3)15(18-10-5-2)11-8-6-9-12(16)14(11)17/h6,8-9,13,15,18H,4-5,7,10H2,1-3H3. The van der Waals surface area contributed by atoms with E-state index in [2.05, 4.69) is 35.1 Å². The van der Waals surface area contributed by atoms with Crippen LogP contribution in [0.2, 0.25) is 0 Å². The Bertz CT molecular complexity index is 386. The number of rotatable bonds is 8. The molecule has 1 rings (SSSR count). The maximum absolute atomic E-state index is 14.3. The van der Waals surface area contributed by atoms with E-state index < -0.39 is 0 Å². The van der Waals surface area contributed by atoms with Gasteiger partial charge in [0.1, 0.15) is 5.82 Å². The monoisotopic (exact) mass is 331 g/mol. The first kappa shape index (κ1) is 16.6. The van der Waals surface area contributed by atoms with Crippen molar-refractivity contribution in [3.8, 4) is 0 Å². The van der Waals surface area contributed by atoms with Crippen molar-refractivity contribution < 1.29 is 9.13 Å². The van der Waals surface area contributed by atoms with Gasteiger partial charge in [-0.2, -0.15) is 0 Å². The highest BCUT2D eigenvalue weighted by Gasteiger charge is 2.25. The number of methoxy groups -OCH3 is 1. The Balaban J connectivity index is 3.03. The Hall–Kier alpha value is -0.450. The Morgan fingerprint density at radius 1 is 1.32 bits per heavy atom. The molecule has 0 amide bonds. The molecule has 0 aliphatic rings. The highest BCUT2D eigenvalue weighted by atomic mass is 79.9. The molecule has 0 heterocycles. The molecule has 0 aliphatic heterocycles. The van der Waals surface area contributed by atoms with E-state index >= 15 is 0 Å². The third kappa shape index (κ3) is 4.55. The topological polar surface area (TPSA) is 21.3 Å². The van der Waals surface area contributed by atoms with Crippen LogP contribution in [0.15, 0.2) is 22.7 Å². The zero-order valence-electron chi connectivity index (χ0n) is 11.9. The second kappa shape index (κ2) is 8.67. The molecule has 0 saturated heterocycles. The Kier molecular flexibility index (Phi) is 7.57. The first-order valence-electron chi connectivity index (χ1n) is 6.85. The summed E-state index contributed by atoms with van der Waals surface area (Å²) in [4.78, 5) is 0. The summed E-state index contributed by atoms with van der Waals surface area (Å²) in [6.07, 6.45) is 2.91. The van der Waals surface area contributed by atoms with Crippen molar-refractivity contribution in [3.05, 3.63) is 34.1 Å². The molecular formula is C15H23BrFNO. The molecule has 1 aromatic rings. The van der Waals surface area contributed by atoms with E-state index in [1.807, 2.05) is 12.1 Å².